The van der Waals surface area contributed by atoms with Crippen molar-refractivity contribution in [3.05, 3.63) is 23.8 Å². The molecule has 0 aliphatic carbocycles. The molecule has 1 aromatic carbocycles. The zero-order chi connectivity index (χ0) is 14.4. The summed E-state index contributed by atoms with van der Waals surface area (Å²) in [6.45, 7) is 1.87. The van der Waals surface area contributed by atoms with Crippen molar-refractivity contribution in [2.24, 2.45) is 0 Å². The second-order valence-corrected chi connectivity index (χ2v) is 4.91. The first-order chi connectivity index (χ1) is 9.76. The van der Waals surface area contributed by atoms with Crippen LogP contribution in [-0.4, -0.2) is 45.1 Å². The van der Waals surface area contributed by atoms with Gasteiger partial charge in [0.15, 0.2) is 11.5 Å². The smallest absolute Gasteiger partial charge is 0.166 e. The normalized spacial score (nSPS) is 20.4. The van der Waals surface area contributed by atoms with Crippen molar-refractivity contribution < 1.29 is 19.3 Å². The lowest BCUT2D eigenvalue weighted by atomic mass is 10.1. The molecule has 5 heteroatoms. The quantitative estimate of drug-likeness (QED) is 0.827. The molecule has 0 saturated carbocycles. The van der Waals surface area contributed by atoms with Gasteiger partial charge in [0.05, 0.1) is 19.8 Å². The van der Waals surface area contributed by atoms with Crippen LogP contribution in [0.4, 0.5) is 0 Å². The second-order valence-electron chi connectivity index (χ2n) is 4.91. The first kappa shape index (κ1) is 15.1. The minimum absolute atomic E-state index is 0.0503. The molecule has 2 rings (SSSR count). The van der Waals surface area contributed by atoms with Crippen molar-refractivity contribution in [3.8, 4) is 11.5 Å². The Morgan fingerprint density at radius 1 is 1.50 bits per heavy atom. The molecule has 0 amide bonds. The van der Waals surface area contributed by atoms with Gasteiger partial charge in [0.25, 0.3) is 0 Å². The summed E-state index contributed by atoms with van der Waals surface area (Å²) in [4.78, 5) is 0. The Morgan fingerprint density at radius 2 is 2.35 bits per heavy atom. The average molecular weight is 281 g/mol. The van der Waals surface area contributed by atoms with Crippen molar-refractivity contribution in [1.29, 1.82) is 0 Å². The molecule has 0 bridgehead atoms. The van der Waals surface area contributed by atoms with Gasteiger partial charge in [-0.1, -0.05) is 12.1 Å². The van der Waals surface area contributed by atoms with Gasteiger partial charge in [-0.2, -0.15) is 0 Å². The summed E-state index contributed by atoms with van der Waals surface area (Å²) in [7, 11) is 3.39. The number of hydrogen-bond acceptors (Lipinski definition) is 5. The largest absolute Gasteiger partial charge is 0.492 e. The van der Waals surface area contributed by atoms with Crippen LogP contribution in [0.3, 0.4) is 0 Å². The number of methoxy groups -OCH3 is 1. The highest BCUT2D eigenvalue weighted by Crippen LogP contribution is 2.35. The van der Waals surface area contributed by atoms with Gasteiger partial charge in [-0.25, -0.2) is 0 Å². The highest BCUT2D eigenvalue weighted by Gasteiger charge is 2.21. The molecule has 0 spiro atoms. The topological polar surface area (TPSA) is 60.0 Å². The molecule has 5 nitrogen and oxygen atoms in total. The predicted octanol–water partition coefficient (Wildman–Crippen LogP) is 1.51. The van der Waals surface area contributed by atoms with Crippen LogP contribution < -0.4 is 14.8 Å². The maximum Gasteiger partial charge on any atom is 0.166 e. The third-order valence-corrected chi connectivity index (χ3v) is 3.38. The van der Waals surface area contributed by atoms with Gasteiger partial charge in [0.1, 0.15) is 6.10 Å². The zero-order valence-corrected chi connectivity index (χ0v) is 12.1. The number of para-hydroxylation sites is 1. The monoisotopic (exact) mass is 281 g/mol. The molecular formula is C15H23NO4. The maximum atomic E-state index is 10.1. The van der Waals surface area contributed by atoms with Crippen LogP contribution in [0, 0.1) is 0 Å². The van der Waals surface area contributed by atoms with E-state index in [2.05, 4.69) is 5.32 Å². The SMILES string of the molecule is CNCC(O)c1cccc(OC2CCCOC2)c1OC. The molecule has 1 aromatic rings. The number of aliphatic hydroxyl groups excluding tert-OH is 1. The summed E-state index contributed by atoms with van der Waals surface area (Å²) in [6.07, 6.45) is 1.41. The van der Waals surface area contributed by atoms with Crippen LogP contribution in [0.5, 0.6) is 11.5 Å². The molecule has 2 unspecified atom stereocenters. The number of rotatable bonds is 6. The first-order valence-electron chi connectivity index (χ1n) is 7.00. The summed E-state index contributed by atoms with van der Waals surface area (Å²) >= 11 is 0. The summed E-state index contributed by atoms with van der Waals surface area (Å²) < 4.78 is 16.8. The van der Waals surface area contributed by atoms with Crippen LogP contribution >= 0.6 is 0 Å². The fraction of sp³-hybridized carbons (Fsp3) is 0.600. The molecule has 0 aromatic heterocycles. The maximum absolute atomic E-state index is 10.1. The lowest BCUT2D eigenvalue weighted by molar-refractivity contribution is 0.00625. The van der Waals surface area contributed by atoms with Gasteiger partial charge in [-0.3, -0.25) is 0 Å². The van der Waals surface area contributed by atoms with E-state index in [0.717, 1.165) is 25.0 Å². The molecule has 112 valence electrons. The summed E-state index contributed by atoms with van der Waals surface area (Å²) in [5, 5.41) is 13.1. The Morgan fingerprint density at radius 3 is 3.00 bits per heavy atom. The Kier molecular flexibility index (Phi) is 5.64. The van der Waals surface area contributed by atoms with E-state index in [0.29, 0.717) is 24.7 Å². The molecule has 2 N–H and O–H groups in total. The molecular weight excluding hydrogens is 258 g/mol. The Hall–Kier alpha value is -1.30. The van der Waals surface area contributed by atoms with E-state index in [4.69, 9.17) is 14.2 Å². The molecule has 1 aliphatic rings. The van der Waals surface area contributed by atoms with Gasteiger partial charge in [0.2, 0.25) is 0 Å². The second kappa shape index (κ2) is 7.47. The molecule has 1 aliphatic heterocycles. The number of ether oxygens (including phenoxy) is 3. The fourth-order valence-corrected chi connectivity index (χ4v) is 2.39. The third-order valence-electron chi connectivity index (χ3n) is 3.38. The predicted molar refractivity (Wildman–Crippen MR) is 76.3 cm³/mol. The standard InChI is InChI=1S/C15H23NO4/c1-16-9-13(17)12-6-3-7-14(15(12)18-2)20-11-5-4-8-19-10-11/h3,6-7,11,13,16-17H,4-5,8-10H2,1-2H3. The lowest BCUT2D eigenvalue weighted by Gasteiger charge is -2.25. The fourth-order valence-electron chi connectivity index (χ4n) is 2.39. The zero-order valence-electron chi connectivity index (χ0n) is 12.1. The van der Waals surface area contributed by atoms with E-state index >= 15 is 0 Å². The van der Waals surface area contributed by atoms with Crippen LogP contribution in [0.1, 0.15) is 24.5 Å². The first-order valence-corrected chi connectivity index (χ1v) is 7.00. The molecule has 0 radical (unpaired) electrons. The highest BCUT2D eigenvalue weighted by atomic mass is 16.5. The summed E-state index contributed by atoms with van der Waals surface area (Å²) in [5.41, 5.74) is 0.732. The van der Waals surface area contributed by atoms with Gasteiger partial charge in [-0.05, 0) is 26.0 Å². The van der Waals surface area contributed by atoms with E-state index in [1.165, 1.54) is 0 Å². The number of aliphatic hydroxyl groups is 1. The molecule has 2 atom stereocenters. The van der Waals surface area contributed by atoms with Gasteiger partial charge in [0, 0.05) is 18.7 Å². The Labute approximate surface area is 119 Å². The van der Waals surface area contributed by atoms with E-state index in [-0.39, 0.29) is 6.10 Å². The van der Waals surface area contributed by atoms with Crippen molar-refractivity contribution in [3.63, 3.8) is 0 Å². The van der Waals surface area contributed by atoms with Crippen molar-refractivity contribution >= 4 is 0 Å². The lowest BCUT2D eigenvalue weighted by Crippen LogP contribution is -2.28. The van der Waals surface area contributed by atoms with Gasteiger partial charge < -0.3 is 24.6 Å². The molecule has 1 fully saturated rings. The van der Waals surface area contributed by atoms with Crippen molar-refractivity contribution in [2.45, 2.75) is 25.0 Å². The Bertz CT molecular complexity index is 418. The Balaban J connectivity index is 2.17. The van der Waals surface area contributed by atoms with E-state index < -0.39 is 6.10 Å². The number of hydrogen-bond donors (Lipinski definition) is 2. The summed E-state index contributed by atoms with van der Waals surface area (Å²) in [5.74, 6) is 1.26. The number of likely N-dealkylation sites (N-methyl/N-ethyl adjacent to an activating group) is 1. The number of nitrogens with one attached hydrogen (secondary N) is 1. The minimum Gasteiger partial charge on any atom is -0.492 e. The molecule has 1 heterocycles. The molecule has 1 saturated heterocycles. The average Bonchev–Trinajstić information content (AvgIpc) is 2.48. The van der Waals surface area contributed by atoms with Crippen LogP contribution in [0.15, 0.2) is 18.2 Å². The van der Waals surface area contributed by atoms with Crippen LogP contribution in [-0.2, 0) is 4.74 Å². The minimum atomic E-state index is -0.624. The van der Waals surface area contributed by atoms with Crippen LogP contribution in [0.25, 0.3) is 0 Å². The number of benzene rings is 1. The van der Waals surface area contributed by atoms with Crippen molar-refractivity contribution in [2.75, 3.05) is 33.9 Å². The highest BCUT2D eigenvalue weighted by molar-refractivity contribution is 5.47. The van der Waals surface area contributed by atoms with E-state index in [9.17, 15) is 5.11 Å². The van der Waals surface area contributed by atoms with E-state index in [1.54, 1.807) is 14.2 Å². The van der Waals surface area contributed by atoms with E-state index in [1.807, 2.05) is 18.2 Å². The van der Waals surface area contributed by atoms with Gasteiger partial charge >= 0.3 is 0 Å². The van der Waals surface area contributed by atoms with Crippen LogP contribution in [0.2, 0.25) is 0 Å². The summed E-state index contributed by atoms with van der Waals surface area (Å²) in [6, 6.07) is 5.59. The van der Waals surface area contributed by atoms with Crippen molar-refractivity contribution in [1.82, 2.24) is 5.32 Å². The molecule has 20 heavy (non-hydrogen) atoms. The third kappa shape index (κ3) is 3.62. The van der Waals surface area contributed by atoms with Gasteiger partial charge in [-0.15, -0.1) is 0 Å².